The van der Waals surface area contributed by atoms with Crippen LogP contribution in [0, 0.1) is 5.82 Å². The van der Waals surface area contributed by atoms with Gasteiger partial charge in [0.2, 0.25) is 5.89 Å². The number of urea groups is 1. The highest BCUT2D eigenvalue weighted by atomic mass is 19.1. The number of oxazole rings is 1. The Morgan fingerprint density at radius 3 is 2.50 bits per heavy atom. The summed E-state index contributed by atoms with van der Waals surface area (Å²) in [5.74, 6) is 0.687. The molecular formula is C18H16FN3O2. The Balaban J connectivity index is 1.50. The zero-order chi connectivity index (χ0) is 16.8. The predicted octanol–water partition coefficient (Wildman–Crippen LogP) is 3.48. The third-order valence-corrected chi connectivity index (χ3v) is 3.41. The van der Waals surface area contributed by atoms with Gasteiger partial charge < -0.3 is 15.1 Å². The number of aromatic nitrogens is 1. The van der Waals surface area contributed by atoms with Gasteiger partial charge in [-0.05, 0) is 6.07 Å². The molecule has 24 heavy (non-hydrogen) atoms. The first-order valence-corrected chi connectivity index (χ1v) is 7.47. The van der Waals surface area contributed by atoms with Gasteiger partial charge in [0.15, 0.2) is 5.76 Å². The standard InChI is InChI=1S/C18H16FN3O2/c19-15-9-5-4-8-14(15)10-21-18(23)22-12-17-20-11-16(24-17)13-6-2-1-3-7-13/h1-9,11H,10,12H2,(H2,21,22,23). The fraction of sp³-hybridized carbons (Fsp3) is 0.111. The maximum Gasteiger partial charge on any atom is 0.315 e. The molecule has 6 heteroatoms. The number of amides is 2. The Morgan fingerprint density at radius 2 is 1.71 bits per heavy atom. The van der Waals surface area contributed by atoms with Gasteiger partial charge in [-0.3, -0.25) is 0 Å². The lowest BCUT2D eigenvalue weighted by Crippen LogP contribution is -2.34. The lowest BCUT2D eigenvalue weighted by atomic mass is 10.2. The summed E-state index contributed by atoms with van der Waals surface area (Å²) in [5.41, 5.74) is 1.34. The van der Waals surface area contributed by atoms with Crippen LogP contribution in [0.2, 0.25) is 0 Å². The Morgan fingerprint density at radius 1 is 1.00 bits per heavy atom. The maximum atomic E-state index is 13.5. The molecule has 0 fully saturated rings. The number of halogens is 1. The van der Waals surface area contributed by atoms with Crippen LogP contribution in [0.15, 0.2) is 65.2 Å². The highest BCUT2D eigenvalue weighted by Crippen LogP contribution is 2.19. The number of hydrogen-bond acceptors (Lipinski definition) is 3. The van der Waals surface area contributed by atoms with Gasteiger partial charge >= 0.3 is 6.03 Å². The lowest BCUT2D eigenvalue weighted by Gasteiger charge is -2.06. The highest BCUT2D eigenvalue weighted by Gasteiger charge is 2.08. The van der Waals surface area contributed by atoms with Crippen LogP contribution in [0.5, 0.6) is 0 Å². The van der Waals surface area contributed by atoms with Crippen molar-refractivity contribution in [2.24, 2.45) is 0 Å². The molecular weight excluding hydrogens is 309 g/mol. The van der Waals surface area contributed by atoms with Crippen LogP contribution in [0.1, 0.15) is 11.5 Å². The molecule has 0 bridgehead atoms. The highest BCUT2D eigenvalue weighted by molar-refractivity contribution is 5.73. The number of hydrogen-bond donors (Lipinski definition) is 2. The van der Waals surface area contributed by atoms with E-state index in [4.69, 9.17) is 4.42 Å². The van der Waals surface area contributed by atoms with Gasteiger partial charge in [0.1, 0.15) is 5.82 Å². The molecule has 0 spiro atoms. The Bertz CT molecular complexity index is 818. The quantitative estimate of drug-likeness (QED) is 0.755. The zero-order valence-electron chi connectivity index (χ0n) is 12.8. The first kappa shape index (κ1) is 15.7. The van der Waals surface area contributed by atoms with Gasteiger partial charge in [-0.25, -0.2) is 14.2 Å². The molecule has 3 aromatic rings. The average molecular weight is 325 g/mol. The van der Waals surface area contributed by atoms with Gasteiger partial charge in [0.05, 0.1) is 12.7 Å². The van der Waals surface area contributed by atoms with Crippen molar-refractivity contribution in [2.75, 3.05) is 0 Å². The van der Waals surface area contributed by atoms with Crippen LogP contribution >= 0.6 is 0 Å². The van der Waals surface area contributed by atoms with Gasteiger partial charge in [-0.15, -0.1) is 0 Å². The Labute approximate surface area is 138 Å². The van der Waals surface area contributed by atoms with Crippen molar-refractivity contribution in [3.63, 3.8) is 0 Å². The van der Waals surface area contributed by atoms with E-state index in [9.17, 15) is 9.18 Å². The second-order valence-electron chi connectivity index (χ2n) is 5.11. The molecule has 3 rings (SSSR count). The van der Waals surface area contributed by atoms with Crippen LogP contribution in [0.4, 0.5) is 9.18 Å². The molecule has 0 radical (unpaired) electrons. The summed E-state index contributed by atoms with van der Waals surface area (Å²) in [5, 5.41) is 5.21. The molecule has 0 unspecified atom stereocenters. The van der Waals surface area contributed by atoms with Crippen LogP contribution in [0.25, 0.3) is 11.3 Å². The second kappa shape index (κ2) is 7.41. The summed E-state index contributed by atoms with van der Waals surface area (Å²) in [6.07, 6.45) is 1.61. The third kappa shape index (κ3) is 3.98. The fourth-order valence-corrected chi connectivity index (χ4v) is 2.16. The summed E-state index contributed by atoms with van der Waals surface area (Å²) in [6, 6.07) is 15.4. The third-order valence-electron chi connectivity index (χ3n) is 3.41. The lowest BCUT2D eigenvalue weighted by molar-refractivity contribution is 0.239. The molecule has 2 N–H and O–H groups in total. The molecule has 0 saturated carbocycles. The molecule has 1 heterocycles. The van der Waals surface area contributed by atoms with Crippen molar-refractivity contribution in [1.82, 2.24) is 15.6 Å². The molecule has 0 aliphatic carbocycles. The van der Waals surface area contributed by atoms with Gasteiger partial charge in [-0.1, -0.05) is 48.5 Å². The Hall–Kier alpha value is -3.15. The molecule has 1 aromatic heterocycles. The summed E-state index contributed by atoms with van der Waals surface area (Å²) in [6.45, 7) is 0.259. The van der Waals surface area contributed by atoms with Crippen LogP contribution in [-0.4, -0.2) is 11.0 Å². The number of nitrogens with one attached hydrogen (secondary N) is 2. The largest absolute Gasteiger partial charge is 0.439 e. The summed E-state index contributed by atoms with van der Waals surface area (Å²) >= 11 is 0. The number of rotatable bonds is 5. The maximum absolute atomic E-state index is 13.5. The molecule has 0 aliphatic rings. The van der Waals surface area contributed by atoms with E-state index in [1.807, 2.05) is 30.3 Å². The number of nitrogens with zero attached hydrogens (tertiary/aromatic N) is 1. The predicted molar refractivity (Wildman–Crippen MR) is 87.4 cm³/mol. The minimum absolute atomic E-state index is 0.110. The van der Waals surface area contributed by atoms with E-state index >= 15 is 0 Å². The van der Waals surface area contributed by atoms with Crippen molar-refractivity contribution in [1.29, 1.82) is 0 Å². The monoisotopic (exact) mass is 325 g/mol. The normalized spacial score (nSPS) is 10.4. The SMILES string of the molecule is O=C(NCc1ncc(-c2ccccc2)o1)NCc1ccccc1F. The summed E-state index contributed by atoms with van der Waals surface area (Å²) in [7, 11) is 0. The molecule has 2 aromatic carbocycles. The van der Waals surface area contributed by atoms with Crippen LogP contribution in [0.3, 0.4) is 0 Å². The van der Waals surface area contributed by atoms with Crippen molar-refractivity contribution >= 4 is 6.03 Å². The molecule has 2 amide bonds. The van der Waals surface area contributed by atoms with E-state index in [1.54, 1.807) is 24.4 Å². The van der Waals surface area contributed by atoms with Gasteiger partial charge in [0, 0.05) is 17.7 Å². The molecule has 122 valence electrons. The van der Waals surface area contributed by atoms with Gasteiger partial charge in [0.25, 0.3) is 0 Å². The molecule has 5 nitrogen and oxygen atoms in total. The fourth-order valence-electron chi connectivity index (χ4n) is 2.16. The van der Waals surface area contributed by atoms with E-state index in [0.717, 1.165) is 5.56 Å². The minimum atomic E-state index is -0.419. The molecule has 0 aliphatic heterocycles. The van der Waals surface area contributed by atoms with Gasteiger partial charge in [-0.2, -0.15) is 0 Å². The number of carbonyl (C=O) groups excluding carboxylic acids is 1. The first-order chi connectivity index (χ1) is 11.7. The van der Waals surface area contributed by atoms with Crippen molar-refractivity contribution < 1.29 is 13.6 Å². The van der Waals surface area contributed by atoms with E-state index < -0.39 is 6.03 Å². The van der Waals surface area contributed by atoms with Crippen molar-refractivity contribution in [2.45, 2.75) is 13.1 Å². The Kier molecular flexibility index (Phi) is 4.86. The van der Waals surface area contributed by atoms with Crippen molar-refractivity contribution in [3.8, 4) is 11.3 Å². The van der Waals surface area contributed by atoms with Crippen molar-refractivity contribution in [3.05, 3.63) is 78.1 Å². The second-order valence-corrected chi connectivity index (χ2v) is 5.11. The minimum Gasteiger partial charge on any atom is -0.439 e. The van der Waals surface area contributed by atoms with E-state index in [-0.39, 0.29) is 18.9 Å². The van der Waals surface area contributed by atoms with Crippen LogP contribution in [-0.2, 0) is 13.1 Å². The van der Waals surface area contributed by atoms with E-state index in [2.05, 4.69) is 15.6 Å². The first-order valence-electron chi connectivity index (χ1n) is 7.47. The van der Waals surface area contributed by atoms with E-state index in [0.29, 0.717) is 17.2 Å². The number of carbonyl (C=O) groups is 1. The smallest absolute Gasteiger partial charge is 0.315 e. The summed E-state index contributed by atoms with van der Waals surface area (Å²) < 4.78 is 19.0. The van der Waals surface area contributed by atoms with E-state index in [1.165, 1.54) is 6.07 Å². The zero-order valence-corrected chi connectivity index (χ0v) is 12.8. The summed E-state index contributed by atoms with van der Waals surface area (Å²) in [4.78, 5) is 15.9. The molecule has 0 atom stereocenters. The topological polar surface area (TPSA) is 67.2 Å². The van der Waals surface area contributed by atoms with Crippen LogP contribution < -0.4 is 10.6 Å². The number of benzene rings is 2. The average Bonchev–Trinajstić information content (AvgIpc) is 3.09. The molecule has 0 saturated heterocycles.